The summed E-state index contributed by atoms with van der Waals surface area (Å²) in [4.78, 5) is 29.4. The number of hydrogen-bond acceptors (Lipinski definition) is 5. The van der Waals surface area contributed by atoms with Crippen LogP contribution in [0, 0.1) is 0 Å². The summed E-state index contributed by atoms with van der Waals surface area (Å²) in [5, 5.41) is 5.32. The van der Waals surface area contributed by atoms with Crippen molar-refractivity contribution in [2.45, 2.75) is 38.9 Å². The lowest BCUT2D eigenvalue weighted by Crippen LogP contribution is -2.50. The molecule has 2 amide bonds. The summed E-state index contributed by atoms with van der Waals surface area (Å²) in [5.41, 5.74) is -1.31. The maximum absolute atomic E-state index is 12.9. The lowest BCUT2D eigenvalue weighted by atomic mass is 9.93. The fourth-order valence-corrected chi connectivity index (χ4v) is 3.52. The van der Waals surface area contributed by atoms with E-state index >= 15 is 0 Å². The van der Waals surface area contributed by atoms with Crippen LogP contribution in [0.15, 0.2) is 24.5 Å². The summed E-state index contributed by atoms with van der Waals surface area (Å²) in [6.45, 7) is 0.333. The highest BCUT2D eigenvalue weighted by Gasteiger charge is 2.44. The lowest BCUT2D eigenvalue weighted by Gasteiger charge is -2.37. The molecule has 0 atom stereocenters. The normalized spacial score (nSPS) is 14.6. The number of fused-ring (bicyclic) bond motifs is 1. The van der Waals surface area contributed by atoms with Crippen LogP contribution in [0.1, 0.15) is 37.0 Å². The summed E-state index contributed by atoms with van der Waals surface area (Å²) in [6, 6.07) is 2.40. The Morgan fingerprint density at radius 2 is 1.90 bits per heavy atom. The number of halogens is 4. The quantitative estimate of drug-likeness (QED) is 0.624. The van der Waals surface area contributed by atoms with Gasteiger partial charge in [0.25, 0.3) is 11.8 Å². The van der Waals surface area contributed by atoms with Crippen molar-refractivity contribution in [1.82, 2.24) is 4.98 Å². The number of carbonyl (C=O) groups is 2. The van der Waals surface area contributed by atoms with Crippen LogP contribution in [0.5, 0.6) is 11.5 Å². The number of anilines is 2. The molecule has 11 heteroatoms. The maximum atomic E-state index is 12.9. The van der Waals surface area contributed by atoms with E-state index in [1.807, 2.05) is 0 Å². The molecule has 7 nitrogen and oxygen atoms in total. The first-order valence-electron chi connectivity index (χ1n) is 8.95. The maximum Gasteiger partial charge on any atom is 0.387 e. The minimum absolute atomic E-state index is 0.0512. The molecule has 1 aromatic heterocycles. The van der Waals surface area contributed by atoms with E-state index in [1.165, 1.54) is 24.5 Å². The molecule has 0 radical (unpaired) electrons. The minimum atomic E-state index is -3.12. The number of rotatable bonds is 6. The van der Waals surface area contributed by atoms with Gasteiger partial charge in [0.2, 0.25) is 0 Å². The molecule has 30 heavy (non-hydrogen) atoms. The Labute approximate surface area is 180 Å². The number of amides is 2. The molecule has 3 rings (SSSR count). The first kappa shape index (κ1) is 22.0. The molecule has 0 bridgehead atoms. The van der Waals surface area contributed by atoms with E-state index in [9.17, 15) is 18.4 Å². The van der Waals surface area contributed by atoms with Gasteiger partial charge in [-0.05, 0) is 25.0 Å². The van der Waals surface area contributed by atoms with Crippen LogP contribution in [0.2, 0.25) is 10.0 Å². The monoisotopic (exact) mass is 459 g/mol. The molecular weight excluding hydrogens is 443 g/mol. The Morgan fingerprint density at radius 3 is 2.47 bits per heavy atom. The van der Waals surface area contributed by atoms with Gasteiger partial charge in [-0.25, -0.2) is 0 Å². The van der Waals surface area contributed by atoms with E-state index in [0.717, 1.165) is 0 Å². The second kappa shape index (κ2) is 8.61. The highest BCUT2D eigenvalue weighted by Crippen LogP contribution is 2.46. The van der Waals surface area contributed by atoms with Crippen LogP contribution in [0.25, 0.3) is 0 Å². The van der Waals surface area contributed by atoms with Crippen LogP contribution in [-0.2, 0) is 4.79 Å². The van der Waals surface area contributed by atoms with Crippen LogP contribution in [0.3, 0.4) is 0 Å². The molecule has 0 fully saturated rings. The van der Waals surface area contributed by atoms with Gasteiger partial charge in [0.15, 0.2) is 17.1 Å². The SMILES string of the molecule is CCC1(CC)Oc2c(OC(F)F)ccc(C(=O)Nc3c(Cl)cncc3Cl)c2NC1=O. The third-order valence-electron chi connectivity index (χ3n) is 4.77. The van der Waals surface area contributed by atoms with E-state index in [2.05, 4.69) is 20.4 Å². The Hall–Kier alpha value is -2.65. The fourth-order valence-electron chi connectivity index (χ4n) is 3.06. The van der Waals surface area contributed by atoms with Crippen LogP contribution in [-0.4, -0.2) is 29.0 Å². The topological polar surface area (TPSA) is 89.6 Å². The van der Waals surface area contributed by atoms with Gasteiger partial charge >= 0.3 is 6.61 Å². The number of ether oxygens (including phenoxy) is 2. The van der Waals surface area contributed by atoms with Crippen LogP contribution < -0.4 is 20.1 Å². The first-order chi connectivity index (χ1) is 14.2. The molecule has 2 heterocycles. The molecule has 0 aliphatic carbocycles. The van der Waals surface area contributed by atoms with Crippen LogP contribution >= 0.6 is 23.2 Å². The average molecular weight is 460 g/mol. The average Bonchev–Trinajstić information content (AvgIpc) is 2.70. The molecular formula is C19H17Cl2F2N3O4. The third-order valence-corrected chi connectivity index (χ3v) is 5.34. The van der Waals surface area contributed by atoms with Crippen molar-refractivity contribution in [2.24, 2.45) is 0 Å². The number of carbonyl (C=O) groups excluding carboxylic acids is 2. The number of pyridine rings is 1. The number of hydrogen-bond donors (Lipinski definition) is 2. The highest BCUT2D eigenvalue weighted by molar-refractivity contribution is 6.39. The fraction of sp³-hybridized carbons (Fsp3) is 0.316. The van der Waals surface area contributed by atoms with Gasteiger partial charge in [0.1, 0.15) is 5.69 Å². The number of benzene rings is 1. The predicted octanol–water partition coefficient (Wildman–Crippen LogP) is 5.13. The molecule has 1 aliphatic rings. The summed E-state index contributed by atoms with van der Waals surface area (Å²) >= 11 is 12.1. The highest BCUT2D eigenvalue weighted by atomic mass is 35.5. The zero-order valence-corrected chi connectivity index (χ0v) is 17.4. The summed E-state index contributed by atoms with van der Waals surface area (Å²) in [7, 11) is 0. The van der Waals surface area contributed by atoms with Gasteiger partial charge < -0.3 is 20.1 Å². The molecule has 160 valence electrons. The number of nitrogens with zero attached hydrogens (tertiary/aromatic N) is 1. The molecule has 1 aromatic carbocycles. The molecule has 2 aromatic rings. The van der Waals surface area contributed by atoms with Crippen molar-refractivity contribution in [3.8, 4) is 11.5 Å². The van der Waals surface area contributed by atoms with Gasteiger partial charge in [0, 0.05) is 12.4 Å². The number of aromatic nitrogens is 1. The van der Waals surface area contributed by atoms with Crippen LogP contribution in [0.4, 0.5) is 20.2 Å². The van der Waals surface area contributed by atoms with Gasteiger partial charge in [-0.2, -0.15) is 8.78 Å². The smallest absolute Gasteiger partial charge is 0.387 e. The van der Waals surface area contributed by atoms with E-state index < -0.39 is 24.0 Å². The zero-order valence-electron chi connectivity index (χ0n) is 15.9. The largest absolute Gasteiger partial charge is 0.471 e. The molecule has 0 saturated heterocycles. The summed E-state index contributed by atoms with van der Waals surface area (Å²) in [5.74, 6) is -1.65. The van der Waals surface area contributed by atoms with Crippen molar-refractivity contribution in [1.29, 1.82) is 0 Å². The molecule has 0 spiro atoms. The molecule has 1 aliphatic heterocycles. The zero-order chi connectivity index (χ0) is 22.1. The molecule has 0 unspecified atom stereocenters. The van der Waals surface area contributed by atoms with Gasteiger partial charge in [-0.15, -0.1) is 0 Å². The van der Waals surface area contributed by atoms with E-state index in [-0.39, 0.29) is 51.3 Å². The summed E-state index contributed by atoms with van der Waals surface area (Å²) < 4.78 is 36.1. The van der Waals surface area contributed by atoms with Gasteiger partial charge in [0.05, 0.1) is 21.3 Å². The first-order valence-corrected chi connectivity index (χ1v) is 9.70. The Kier molecular flexibility index (Phi) is 6.33. The van der Waals surface area contributed by atoms with Crippen molar-refractivity contribution < 1.29 is 27.8 Å². The standard InChI is InChI=1S/C19H17Cl2F2N3O4/c1-3-19(4-2)17(28)26-13-9(5-6-12(15(13)30-19)29-18(22)23)16(27)25-14-10(20)7-24-8-11(14)21/h5-8,18H,3-4H2,1-2H3,(H,26,28)(H,24,25,27). The molecule has 0 saturated carbocycles. The third kappa shape index (κ3) is 3.99. The Balaban J connectivity index is 2.07. The number of nitrogens with one attached hydrogen (secondary N) is 2. The van der Waals surface area contributed by atoms with E-state index in [0.29, 0.717) is 0 Å². The second-order valence-corrected chi connectivity index (χ2v) is 7.20. The van der Waals surface area contributed by atoms with E-state index in [4.69, 9.17) is 27.9 Å². The Morgan fingerprint density at radius 1 is 1.27 bits per heavy atom. The number of alkyl halides is 2. The van der Waals surface area contributed by atoms with Crippen molar-refractivity contribution in [3.05, 3.63) is 40.1 Å². The lowest BCUT2D eigenvalue weighted by molar-refractivity contribution is -0.133. The molecule has 2 N–H and O–H groups in total. The minimum Gasteiger partial charge on any atom is -0.471 e. The van der Waals surface area contributed by atoms with Gasteiger partial charge in [-0.1, -0.05) is 37.0 Å². The van der Waals surface area contributed by atoms with Crippen molar-refractivity contribution in [3.63, 3.8) is 0 Å². The van der Waals surface area contributed by atoms with Crippen molar-refractivity contribution >= 4 is 46.4 Å². The van der Waals surface area contributed by atoms with E-state index in [1.54, 1.807) is 13.8 Å². The van der Waals surface area contributed by atoms with Gasteiger partial charge in [-0.3, -0.25) is 14.6 Å². The summed E-state index contributed by atoms with van der Waals surface area (Å²) in [6.07, 6.45) is 3.14. The Bertz CT molecular complexity index is 980. The predicted molar refractivity (Wildman–Crippen MR) is 108 cm³/mol. The van der Waals surface area contributed by atoms with Crippen molar-refractivity contribution in [2.75, 3.05) is 10.6 Å². The second-order valence-electron chi connectivity index (χ2n) is 6.38.